The molecule has 3 N–H and O–H groups in total. The first-order chi connectivity index (χ1) is 14.9. The fourth-order valence-electron chi connectivity index (χ4n) is 3.99. The summed E-state index contributed by atoms with van der Waals surface area (Å²) in [6.07, 6.45) is -0.431. The van der Waals surface area contributed by atoms with E-state index in [2.05, 4.69) is 27.2 Å². The Kier molecular flexibility index (Phi) is 4.28. The van der Waals surface area contributed by atoms with E-state index < -0.39 is 31.7 Å². The number of imidazole rings is 2. The molecule has 0 saturated carbocycles. The Hall–Kier alpha value is -2.31. The Labute approximate surface area is 180 Å². The Balaban J connectivity index is 1.44. The highest BCUT2D eigenvalue weighted by Gasteiger charge is 2.58. The van der Waals surface area contributed by atoms with Crippen LogP contribution in [-0.2, 0) is 13.8 Å². The van der Waals surface area contributed by atoms with Crippen LogP contribution >= 0.6 is 19.4 Å². The van der Waals surface area contributed by atoms with Gasteiger partial charge in [0.05, 0.1) is 24.3 Å². The van der Waals surface area contributed by atoms with Crippen LogP contribution in [0.2, 0.25) is 0 Å². The zero-order chi connectivity index (χ0) is 21.3. The number of H-pyrrole nitrogens is 1. The lowest BCUT2D eigenvalue weighted by Crippen LogP contribution is -2.39. The Morgan fingerprint density at radius 3 is 2.90 bits per heavy atom. The quantitative estimate of drug-likeness (QED) is 0.259. The molecular weight excluding hydrogens is 445 g/mol. The highest BCUT2D eigenvalue weighted by molar-refractivity contribution is 8.47. The molecule has 5 heterocycles. The lowest BCUT2D eigenvalue weighted by molar-refractivity contribution is -0.0599. The third-order valence-electron chi connectivity index (χ3n) is 5.47. The third-order valence-corrected chi connectivity index (χ3v) is 7.10. The van der Waals surface area contributed by atoms with Crippen molar-refractivity contribution in [1.82, 2.24) is 23.9 Å². The van der Waals surface area contributed by atoms with Gasteiger partial charge in [0.1, 0.15) is 18.8 Å². The minimum atomic E-state index is -3.31. The van der Waals surface area contributed by atoms with Crippen molar-refractivity contribution < 1.29 is 23.8 Å². The van der Waals surface area contributed by atoms with Crippen LogP contribution in [0.4, 0.5) is 0 Å². The Morgan fingerprint density at radius 1 is 1.29 bits per heavy atom. The van der Waals surface area contributed by atoms with Crippen molar-refractivity contribution in [2.24, 2.45) is 0 Å². The number of thiol groups is 1. The first kappa shape index (κ1) is 19.4. The minimum Gasteiger partial charge on any atom is -0.385 e. The summed E-state index contributed by atoms with van der Waals surface area (Å²) in [6, 6.07) is 9.56. The second kappa shape index (κ2) is 6.84. The van der Waals surface area contributed by atoms with E-state index in [0.717, 1.165) is 11.3 Å². The van der Waals surface area contributed by atoms with Crippen molar-refractivity contribution in [2.75, 3.05) is 6.61 Å². The summed E-state index contributed by atoms with van der Waals surface area (Å²) >= 11 is 3.97. The van der Waals surface area contributed by atoms with E-state index in [4.69, 9.17) is 13.8 Å². The van der Waals surface area contributed by atoms with Crippen LogP contribution in [0.15, 0.2) is 47.7 Å². The van der Waals surface area contributed by atoms with Gasteiger partial charge in [-0.05, 0) is 5.56 Å². The van der Waals surface area contributed by atoms with Crippen LogP contribution in [-0.4, -0.2) is 58.8 Å². The average Bonchev–Trinajstić information content (AvgIpc) is 3.45. The SMILES string of the molecule is O=c1c2ncn([C@@H]3O[C@@H]4CO[P+](O)(S)O[C@H]4[C@H]3O)c2nc2[nH]c(-c3ccccc3)cn12. The maximum absolute atomic E-state index is 13.0. The highest BCUT2D eigenvalue weighted by atomic mass is 32.7. The Morgan fingerprint density at radius 2 is 2.10 bits per heavy atom. The number of nitrogens with zero attached hydrogens (tertiary/aromatic N) is 4. The van der Waals surface area contributed by atoms with Crippen LogP contribution in [0.5, 0.6) is 0 Å². The first-order valence-corrected chi connectivity index (χ1v) is 12.2. The summed E-state index contributed by atoms with van der Waals surface area (Å²) in [4.78, 5) is 34.9. The maximum atomic E-state index is 13.0. The molecule has 2 saturated heterocycles. The number of nitrogens with one attached hydrogen (secondary N) is 1. The van der Waals surface area contributed by atoms with Crippen LogP contribution in [0.3, 0.4) is 0 Å². The second-order valence-electron chi connectivity index (χ2n) is 7.38. The molecule has 6 rings (SSSR count). The van der Waals surface area contributed by atoms with Crippen molar-refractivity contribution in [3.8, 4) is 11.3 Å². The van der Waals surface area contributed by atoms with E-state index >= 15 is 0 Å². The van der Waals surface area contributed by atoms with Crippen LogP contribution in [0, 0.1) is 0 Å². The zero-order valence-corrected chi connectivity index (χ0v) is 17.6. The fraction of sp³-hybridized carbons (Fsp3) is 0.278. The van der Waals surface area contributed by atoms with E-state index in [0.29, 0.717) is 5.78 Å². The molecule has 0 bridgehead atoms. The van der Waals surface area contributed by atoms with E-state index in [1.54, 1.807) is 6.20 Å². The van der Waals surface area contributed by atoms with Crippen LogP contribution in [0.1, 0.15) is 6.23 Å². The summed E-state index contributed by atoms with van der Waals surface area (Å²) in [5.74, 6) is 0.332. The van der Waals surface area contributed by atoms with Gasteiger partial charge in [-0.15, -0.1) is 0 Å². The molecule has 11 nitrogen and oxygen atoms in total. The molecule has 31 heavy (non-hydrogen) atoms. The Bertz CT molecular complexity index is 1350. The number of fused-ring (bicyclic) bond motifs is 3. The van der Waals surface area contributed by atoms with Gasteiger partial charge in [-0.2, -0.15) is 18.9 Å². The molecule has 1 aromatic carbocycles. The minimum absolute atomic E-state index is 0.0238. The van der Waals surface area contributed by atoms with Gasteiger partial charge in [0.15, 0.2) is 23.5 Å². The molecule has 1 unspecified atom stereocenters. The van der Waals surface area contributed by atoms with Gasteiger partial charge in [-0.1, -0.05) is 30.3 Å². The number of rotatable bonds is 2. The highest BCUT2D eigenvalue weighted by Crippen LogP contribution is 2.66. The monoisotopic (exact) mass is 462 g/mol. The van der Waals surface area contributed by atoms with E-state index in [1.165, 1.54) is 15.3 Å². The molecule has 2 aliphatic rings. The first-order valence-electron chi connectivity index (χ1n) is 9.46. The molecule has 0 amide bonds. The molecule has 13 heteroatoms. The summed E-state index contributed by atoms with van der Waals surface area (Å²) in [5.41, 5.74) is 1.68. The van der Waals surface area contributed by atoms with Gasteiger partial charge in [-0.25, -0.2) is 9.38 Å². The smallest absolute Gasteiger partial charge is 0.385 e. The maximum Gasteiger partial charge on any atom is 0.476 e. The number of benzene rings is 1. The van der Waals surface area contributed by atoms with E-state index in [9.17, 15) is 14.8 Å². The standard InChI is InChI=1S/C18H16N5O6PS/c24-13-14-11(7-27-30(26,31)29-14)28-17(13)23-8-19-12-15(23)21-18-20-10(6-22(18)16(12)25)9-4-2-1-3-5-9/h1-6,8,11,13-14,17,24,26,31H,7H2/p+1/t11-,13-,14-,17-,30?/m1/s1. The fourth-order valence-corrected chi connectivity index (χ4v) is 5.50. The summed E-state index contributed by atoms with van der Waals surface area (Å²) in [5, 5.41) is 10.8. The predicted molar refractivity (Wildman–Crippen MR) is 113 cm³/mol. The van der Waals surface area contributed by atoms with Crippen molar-refractivity contribution in [1.29, 1.82) is 0 Å². The predicted octanol–water partition coefficient (Wildman–Crippen LogP) is 1.31. The zero-order valence-electron chi connectivity index (χ0n) is 15.8. The van der Waals surface area contributed by atoms with Gasteiger partial charge >= 0.3 is 7.15 Å². The number of hydrogen-bond donors (Lipinski definition) is 4. The summed E-state index contributed by atoms with van der Waals surface area (Å²) in [6.45, 7) is 0.0238. The molecule has 160 valence electrons. The topological polar surface area (TPSA) is 136 Å². The van der Waals surface area contributed by atoms with Crippen molar-refractivity contribution >= 4 is 36.3 Å². The number of hydrogen-bond acceptors (Lipinski definition) is 9. The molecule has 0 spiro atoms. The number of aromatic nitrogens is 5. The van der Waals surface area contributed by atoms with Gasteiger partial charge in [0.25, 0.3) is 5.56 Å². The van der Waals surface area contributed by atoms with Gasteiger partial charge in [0.2, 0.25) is 5.78 Å². The number of ether oxygens (including phenoxy) is 1. The van der Waals surface area contributed by atoms with Gasteiger partial charge in [-0.3, -0.25) is 9.36 Å². The molecule has 3 aromatic heterocycles. The second-order valence-corrected chi connectivity index (χ2v) is 10.3. The van der Waals surface area contributed by atoms with Crippen molar-refractivity contribution in [3.05, 3.63) is 53.2 Å². The van der Waals surface area contributed by atoms with E-state index in [1.807, 2.05) is 30.3 Å². The number of aliphatic hydroxyl groups is 1. The lowest BCUT2D eigenvalue weighted by Gasteiger charge is -2.25. The largest absolute Gasteiger partial charge is 0.476 e. The molecular formula is C18H17N5O6PS+. The molecule has 2 fully saturated rings. The number of aliphatic hydroxyl groups excluding tert-OH is 1. The summed E-state index contributed by atoms with van der Waals surface area (Å²) < 4.78 is 19.4. The molecule has 0 radical (unpaired) electrons. The van der Waals surface area contributed by atoms with Crippen LogP contribution < -0.4 is 5.56 Å². The number of aromatic amines is 1. The van der Waals surface area contributed by atoms with Crippen molar-refractivity contribution in [2.45, 2.75) is 24.5 Å². The lowest BCUT2D eigenvalue weighted by atomic mass is 10.1. The normalized spacial score (nSPS) is 30.8. The summed E-state index contributed by atoms with van der Waals surface area (Å²) in [7, 11) is -3.31. The molecule has 4 aromatic rings. The molecule has 0 aliphatic carbocycles. The van der Waals surface area contributed by atoms with Crippen molar-refractivity contribution in [3.63, 3.8) is 0 Å². The van der Waals surface area contributed by atoms with Crippen LogP contribution in [0.25, 0.3) is 28.2 Å². The molecule has 2 aliphatic heterocycles. The third kappa shape index (κ3) is 3.03. The molecule has 5 atom stereocenters. The van der Waals surface area contributed by atoms with Gasteiger partial charge in [0, 0.05) is 6.20 Å². The van der Waals surface area contributed by atoms with E-state index in [-0.39, 0.29) is 23.3 Å². The average molecular weight is 462 g/mol. The van der Waals surface area contributed by atoms with Gasteiger partial charge < -0.3 is 14.8 Å².